The number of fused-ring (bicyclic) bond motifs is 1. The maximum atomic E-state index is 11.8. The van der Waals surface area contributed by atoms with Crippen molar-refractivity contribution >= 4 is 28.7 Å². The first-order valence-electron chi connectivity index (χ1n) is 7.77. The molecule has 24 heavy (non-hydrogen) atoms. The van der Waals surface area contributed by atoms with E-state index in [2.05, 4.69) is 5.32 Å². The Morgan fingerprint density at radius 3 is 2.58 bits per heavy atom. The van der Waals surface area contributed by atoms with Crippen LogP contribution in [0.5, 0.6) is 5.75 Å². The summed E-state index contributed by atoms with van der Waals surface area (Å²) in [5.74, 6) is -0.0591. The van der Waals surface area contributed by atoms with Gasteiger partial charge in [0, 0.05) is 12.6 Å². The number of hydrogen-bond donors (Lipinski definition) is 1. The van der Waals surface area contributed by atoms with Crippen LogP contribution < -0.4 is 10.1 Å². The van der Waals surface area contributed by atoms with E-state index in [0.717, 1.165) is 22.1 Å². The highest BCUT2D eigenvalue weighted by atomic mass is 16.5. The molecular formula is C19H21NO4. The standard InChI is InChI=1S/C19H21NO4/c1-4-20-19(22)13(2)24-18(21)10-6-14-5-7-16-12-17(23-3)9-8-15(16)11-14/h5-13H,4H2,1-3H3,(H,20,22)/b10-6+. The first-order valence-corrected chi connectivity index (χ1v) is 7.77. The fourth-order valence-corrected chi connectivity index (χ4v) is 2.22. The van der Waals surface area contributed by atoms with Crippen LogP contribution in [-0.2, 0) is 14.3 Å². The number of ether oxygens (including phenoxy) is 2. The SMILES string of the molecule is CCNC(=O)C(C)OC(=O)/C=C/c1ccc2cc(OC)ccc2c1. The Morgan fingerprint density at radius 2 is 1.88 bits per heavy atom. The summed E-state index contributed by atoms with van der Waals surface area (Å²) in [7, 11) is 1.63. The van der Waals surface area contributed by atoms with E-state index in [9.17, 15) is 9.59 Å². The summed E-state index contributed by atoms with van der Waals surface area (Å²) in [4.78, 5) is 23.3. The van der Waals surface area contributed by atoms with E-state index in [0.29, 0.717) is 6.54 Å². The van der Waals surface area contributed by atoms with Gasteiger partial charge in [0.1, 0.15) is 5.75 Å². The third-order valence-electron chi connectivity index (χ3n) is 3.50. The van der Waals surface area contributed by atoms with E-state index < -0.39 is 12.1 Å². The van der Waals surface area contributed by atoms with Crippen molar-refractivity contribution in [1.82, 2.24) is 5.32 Å². The third kappa shape index (κ3) is 4.59. The first kappa shape index (κ1) is 17.5. The van der Waals surface area contributed by atoms with Crippen molar-refractivity contribution in [2.24, 2.45) is 0 Å². The molecule has 0 aromatic heterocycles. The van der Waals surface area contributed by atoms with Gasteiger partial charge < -0.3 is 14.8 Å². The Bertz CT molecular complexity index is 767. The van der Waals surface area contributed by atoms with E-state index in [1.54, 1.807) is 20.1 Å². The summed E-state index contributed by atoms with van der Waals surface area (Å²) in [5, 5.41) is 4.70. The molecule has 5 nitrogen and oxygen atoms in total. The van der Waals surface area contributed by atoms with Gasteiger partial charge in [-0.1, -0.05) is 18.2 Å². The molecule has 0 aliphatic carbocycles. The number of carbonyl (C=O) groups is 2. The molecule has 0 spiro atoms. The number of benzene rings is 2. The molecule has 2 aromatic rings. The zero-order valence-electron chi connectivity index (χ0n) is 14.0. The summed E-state index contributed by atoms with van der Waals surface area (Å²) in [6.45, 7) is 3.85. The number of carbonyl (C=O) groups excluding carboxylic acids is 2. The molecule has 0 saturated heterocycles. The molecule has 0 radical (unpaired) electrons. The molecule has 0 saturated carbocycles. The second kappa shape index (κ2) is 8.15. The lowest BCUT2D eigenvalue weighted by atomic mass is 10.1. The second-order valence-electron chi connectivity index (χ2n) is 5.28. The zero-order valence-corrected chi connectivity index (χ0v) is 14.0. The minimum atomic E-state index is -0.814. The highest BCUT2D eigenvalue weighted by Gasteiger charge is 2.15. The topological polar surface area (TPSA) is 64.6 Å². The number of esters is 1. The first-order chi connectivity index (χ1) is 11.5. The molecule has 1 unspecified atom stereocenters. The lowest BCUT2D eigenvalue weighted by molar-refractivity contribution is -0.150. The molecule has 2 rings (SSSR count). The smallest absolute Gasteiger partial charge is 0.331 e. The quantitative estimate of drug-likeness (QED) is 0.654. The maximum Gasteiger partial charge on any atom is 0.331 e. The third-order valence-corrected chi connectivity index (χ3v) is 3.50. The van der Waals surface area contributed by atoms with E-state index in [1.807, 2.05) is 43.3 Å². The van der Waals surface area contributed by atoms with Gasteiger partial charge in [-0.05, 0) is 54.5 Å². The molecule has 0 aliphatic heterocycles. The average Bonchev–Trinajstić information content (AvgIpc) is 2.59. The number of nitrogens with one attached hydrogen (secondary N) is 1. The highest BCUT2D eigenvalue weighted by molar-refractivity contribution is 5.92. The van der Waals surface area contributed by atoms with E-state index >= 15 is 0 Å². The zero-order chi connectivity index (χ0) is 17.5. The summed E-state index contributed by atoms with van der Waals surface area (Å²) < 4.78 is 10.2. The van der Waals surface area contributed by atoms with Crippen LogP contribution in [0.1, 0.15) is 19.4 Å². The number of likely N-dealkylation sites (N-methyl/N-ethyl adjacent to an activating group) is 1. The van der Waals surface area contributed by atoms with Gasteiger partial charge in [0.05, 0.1) is 7.11 Å². The van der Waals surface area contributed by atoms with Gasteiger partial charge in [0.25, 0.3) is 5.91 Å². The van der Waals surface area contributed by atoms with Crippen molar-refractivity contribution in [1.29, 1.82) is 0 Å². The van der Waals surface area contributed by atoms with Gasteiger partial charge in [-0.15, -0.1) is 0 Å². The molecule has 2 aromatic carbocycles. The van der Waals surface area contributed by atoms with Crippen LogP contribution in [0.2, 0.25) is 0 Å². The number of rotatable bonds is 6. The Hall–Kier alpha value is -2.82. The molecular weight excluding hydrogens is 306 g/mol. The molecule has 5 heteroatoms. The average molecular weight is 327 g/mol. The number of methoxy groups -OCH3 is 1. The predicted molar refractivity (Wildman–Crippen MR) is 93.8 cm³/mol. The van der Waals surface area contributed by atoms with Crippen molar-refractivity contribution in [3.63, 3.8) is 0 Å². The van der Waals surface area contributed by atoms with E-state index in [-0.39, 0.29) is 5.91 Å². The second-order valence-corrected chi connectivity index (χ2v) is 5.28. The molecule has 126 valence electrons. The van der Waals surface area contributed by atoms with Crippen molar-refractivity contribution in [3.05, 3.63) is 48.0 Å². The van der Waals surface area contributed by atoms with Crippen molar-refractivity contribution in [2.75, 3.05) is 13.7 Å². The normalized spacial score (nSPS) is 12.1. The summed E-state index contributed by atoms with van der Waals surface area (Å²) in [6, 6.07) is 11.6. The minimum absolute atomic E-state index is 0.307. The summed E-state index contributed by atoms with van der Waals surface area (Å²) in [5.41, 5.74) is 0.871. The Kier molecular flexibility index (Phi) is 5.95. The van der Waals surface area contributed by atoms with Crippen LogP contribution >= 0.6 is 0 Å². The Morgan fingerprint density at radius 1 is 1.17 bits per heavy atom. The number of hydrogen-bond acceptors (Lipinski definition) is 4. The lowest BCUT2D eigenvalue weighted by Gasteiger charge is -2.10. The van der Waals surface area contributed by atoms with Crippen LogP contribution in [0, 0.1) is 0 Å². The van der Waals surface area contributed by atoms with Gasteiger partial charge in [-0.25, -0.2) is 4.79 Å². The van der Waals surface area contributed by atoms with Crippen molar-refractivity contribution in [2.45, 2.75) is 20.0 Å². The van der Waals surface area contributed by atoms with Crippen molar-refractivity contribution in [3.8, 4) is 5.75 Å². The van der Waals surface area contributed by atoms with Gasteiger partial charge in [0.15, 0.2) is 6.10 Å². The van der Waals surface area contributed by atoms with Crippen LogP contribution in [0.25, 0.3) is 16.8 Å². The van der Waals surface area contributed by atoms with Gasteiger partial charge in [-0.2, -0.15) is 0 Å². The van der Waals surface area contributed by atoms with Crippen molar-refractivity contribution < 1.29 is 19.1 Å². The van der Waals surface area contributed by atoms with Crippen LogP contribution in [0.15, 0.2) is 42.5 Å². The minimum Gasteiger partial charge on any atom is -0.497 e. The Balaban J connectivity index is 2.04. The molecule has 1 N–H and O–H groups in total. The summed E-state index contributed by atoms with van der Waals surface area (Å²) in [6.07, 6.45) is 2.17. The largest absolute Gasteiger partial charge is 0.497 e. The van der Waals surface area contributed by atoms with Crippen LogP contribution in [-0.4, -0.2) is 31.6 Å². The molecule has 0 bridgehead atoms. The lowest BCUT2D eigenvalue weighted by Crippen LogP contribution is -2.35. The van der Waals surface area contributed by atoms with Gasteiger partial charge >= 0.3 is 5.97 Å². The molecule has 0 heterocycles. The maximum absolute atomic E-state index is 11.8. The predicted octanol–water partition coefficient (Wildman–Crippen LogP) is 2.93. The van der Waals surface area contributed by atoms with E-state index in [4.69, 9.17) is 9.47 Å². The highest BCUT2D eigenvalue weighted by Crippen LogP contribution is 2.22. The Labute approximate surface area is 141 Å². The molecule has 0 aliphatic rings. The number of amides is 1. The monoisotopic (exact) mass is 327 g/mol. The van der Waals surface area contributed by atoms with E-state index in [1.165, 1.54) is 6.08 Å². The molecule has 1 amide bonds. The van der Waals surface area contributed by atoms with Gasteiger partial charge in [0.2, 0.25) is 0 Å². The van der Waals surface area contributed by atoms with Crippen LogP contribution in [0.3, 0.4) is 0 Å². The summed E-state index contributed by atoms with van der Waals surface area (Å²) >= 11 is 0. The van der Waals surface area contributed by atoms with Crippen LogP contribution in [0.4, 0.5) is 0 Å². The molecule has 1 atom stereocenters. The molecule has 0 fully saturated rings. The van der Waals surface area contributed by atoms with Gasteiger partial charge in [-0.3, -0.25) is 4.79 Å². The fourth-order valence-electron chi connectivity index (χ4n) is 2.22. The fraction of sp³-hybridized carbons (Fsp3) is 0.263.